The zero-order valence-electron chi connectivity index (χ0n) is 19.1. The Morgan fingerprint density at radius 3 is 2.65 bits per heavy atom. The third kappa shape index (κ3) is 6.71. The van der Waals surface area contributed by atoms with Crippen molar-refractivity contribution in [3.63, 3.8) is 0 Å². The van der Waals surface area contributed by atoms with Crippen molar-refractivity contribution in [1.82, 2.24) is 20.1 Å². The van der Waals surface area contributed by atoms with Gasteiger partial charge in [-0.3, -0.25) is 4.79 Å². The van der Waals surface area contributed by atoms with Crippen LogP contribution in [0.25, 0.3) is 0 Å². The van der Waals surface area contributed by atoms with Crippen LogP contribution in [-0.2, 0) is 30.6 Å². The van der Waals surface area contributed by atoms with E-state index in [-0.39, 0.29) is 5.91 Å². The van der Waals surface area contributed by atoms with Gasteiger partial charge in [0.25, 0.3) is 0 Å². The van der Waals surface area contributed by atoms with Crippen LogP contribution in [0.4, 0.5) is 0 Å². The van der Waals surface area contributed by atoms with E-state index < -0.39 is 0 Å². The maximum atomic E-state index is 12.5. The quantitative estimate of drug-likeness (QED) is 0.292. The van der Waals surface area contributed by atoms with Crippen LogP contribution in [0.15, 0.2) is 77.3 Å². The molecule has 0 saturated carbocycles. The highest BCUT2D eigenvalue weighted by atomic mass is 32.2. The number of aromatic nitrogens is 3. The van der Waals surface area contributed by atoms with E-state index in [1.165, 1.54) is 22.2 Å². The lowest BCUT2D eigenvalue weighted by atomic mass is 10.1. The van der Waals surface area contributed by atoms with Crippen molar-refractivity contribution in [2.24, 2.45) is 0 Å². The van der Waals surface area contributed by atoms with Gasteiger partial charge in [0, 0.05) is 24.4 Å². The molecule has 0 aliphatic heterocycles. The molecule has 2 heterocycles. The van der Waals surface area contributed by atoms with Crippen LogP contribution in [-0.4, -0.2) is 40.1 Å². The van der Waals surface area contributed by atoms with Crippen molar-refractivity contribution < 1.29 is 9.53 Å². The second kappa shape index (κ2) is 12.4. The molecule has 0 atom stereocenters. The molecular weight excluding hydrogens is 464 g/mol. The molecule has 0 saturated heterocycles. The number of thiophene rings is 1. The number of nitrogens with one attached hydrogen (secondary N) is 1. The fourth-order valence-corrected chi connectivity index (χ4v) is 5.18. The third-order valence-electron chi connectivity index (χ3n) is 5.41. The van der Waals surface area contributed by atoms with Gasteiger partial charge in [0.2, 0.25) is 5.91 Å². The molecule has 0 bridgehead atoms. The zero-order chi connectivity index (χ0) is 23.6. The SMILES string of the molecule is COc1ccccc1CCNC(=O)CSc1nnc(Cc2cccs2)n1CCc1ccccc1. The monoisotopic (exact) mass is 492 g/mol. The Kier molecular flexibility index (Phi) is 8.76. The van der Waals surface area contributed by atoms with Gasteiger partial charge in [-0.25, -0.2) is 0 Å². The molecule has 4 rings (SSSR count). The van der Waals surface area contributed by atoms with Gasteiger partial charge in [-0.2, -0.15) is 0 Å². The highest BCUT2D eigenvalue weighted by Gasteiger charge is 2.15. The molecule has 1 N–H and O–H groups in total. The van der Waals surface area contributed by atoms with Crippen LogP contribution in [0.3, 0.4) is 0 Å². The lowest BCUT2D eigenvalue weighted by molar-refractivity contribution is -0.118. The molecule has 2 aromatic heterocycles. The summed E-state index contributed by atoms with van der Waals surface area (Å²) in [6.45, 7) is 1.33. The molecule has 176 valence electrons. The summed E-state index contributed by atoms with van der Waals surface area (Å²) in [7, 11) is 1.66. The first-order valence-electron chi connectivity index (χ1n) is 11.2. The Hall–Kier alpha value is -3.10. The van der Waals surface area contributed by atoms with Crippen molar-refractivity contribution in [3.8, 4) is 5.75 Å². The summed E-state index contributed by atoms with van der Waals surface area (Å²) in [6, 6.07) is 22.4. The summed E-state index contributed by atoms with van der Waals surface area (Å²) in [5.41, 5.74) is 2.35. The van der Waals surface area contributed by atoms with E-state index in [2.05, 4.69) is 61.9 Å². The van der Waals surface area contributed by atoms with E-state index in [1.54, 1.807) is 18.4 Å². The van der Waals surface area contributed by atoms with Gasteiger partial charge in [-0.1, -0.05) is 66.4 Å². The van der Waals surface area contributed by atoms with Crippen LogP contribution in [0, 0.1) is 0 Å². The molecule has 34 heavy (non-hydrogen) atoms. The minimum absolute atomic E-state index is 0.0164. The lowest BCUT2D eigenvalue weighted by Crippen LogP contribution is -2.27. The lowest BCUT2D eigenvalue weighted by Gasteiger charge is -2.11. The van der Waals surface area contributed by atoms with Crippen LogP contribution >= 0.6 is 23.1 Å². The Morgan fingerprint density at radius 1 is 1.03 bits per heavy atom. The summed E-state index contributed by atoms with van der Waals surface area (Å²) in [5, 5.41) is 14.7. The third-order valence-corrected chi connectivity index (χ3v) is 7.26. The average Bonchev–Trinajstić information content (AvgIpc) is 3.52. The van der Waals surface area contributed by atoms with Crippen LogP contribution in [0.5, 0.6) is 5.75 Å². The van der Waals surface area contributed by atoms with Gasteiger partial charge < -0.3 is 14.6 Å². The molecule has 0 spiro atoms. The number of aryl methyl sites for hydroxylation is 1. The van der Waals surface area contributed by atoms with E-state index in [0.29, 0.717) is 12.3 Å². The molecule has 4 aromatic rings. The first kappa shape index (κ1) is 24.0. The number of nitrogens with zero attached hydrogens (tertiary/aromatic N) is 3. The van der Waals surface area contributed by atoms with Crippen LogP contribution in [0.2, 0.25) is 0 Å². The molecule has 0 unspecified atom stereocenters. The minimum Gasteiger partial charge on any atom is -0.496 e. The molecule has 8 heteroatoms. The van der Waals surface area contributed by atoms with E-state index in [0.717, 1.165) is 48.1 Å². The number of amides is 1. The van der Waals surface area contributed by atoms with Gasteiger partial charge in [-0.15, -0.1) is 21.5 Å². The highest BCUT2D eigenvalue weighted by Crippen LogP contribution is 2.21. The molecule has 0 aliphatic rings. The topological polar surface area (TPSA) is 69.0 Å². The van der Waals surface area contributed by atoms with Crippen molar-refractivity contribution >= 4 is 29.0 Å². The van der Waals surface area contributed by atoms with E-state index in [4.69, 9.17) is 4.74 Å². The summed E-state index contributed by atoms with van der Waals surface area (Å²) >= 11 is 3.15. The van der Waals surface area contributed by atoms with Gasteiger partial charge in [0.05, 0.1) is 12.9 Å². The summed E-state index contributed by atoms with van der Waals surface area (Å²) < 4.78 is 7.53. The van der Waals surface area contributed by atoms with E-state index in [1.807, 2.05) is 30.3 Å². The summed E-state index contributed by atoms with van der Waals surface area (Å²) in [6.07, 6.45) is 2.35. The number of rotatable bonds is 12. The number of carbonyl (C=O) groups excluding carboxylic acids is 1. The van der Waals surface area contributed by atoms with Gasteiger partial charge in [0.1, 0.15) is 11.6 Å². The van der Waals surface area contributed by atoms with Crippen LogP contribution < -0.4 is 10.1 Å². The molecule has 0 aliphatic carbocycles. The fraction of sp³-hybridized carbons (Fsp3) is 0.269. The summed E-state index contributed by atoms with van der Waals surface area (Å²) in [5.74, 6) is 2.06. The fourth-order valence-electron chi connectivity index (χ4n) is 3.66. The molecular formula is C26H28N4O2S2. The van der Waals surface area contributed by atoms with Crippen molar-refractivity contribution in [1.29, 1.82) is 0 Å². The zero-order valence-corrected chi connectivity index (χ0v) is 20.8. The first-order valence-corrected chi connectivity index (χ1v) is 13.1. The number of thioether (sulfide) groups is 1. The van der Waals surface area contributed by atoms with Gasteiger partial charge >= 0.3 is 0 Å². The largest absolute Gasteiger partial charge is 0.496 e. The van der Waals surface area contributed by atoms with Gasteiger partial charge in [-0.05, 0) is 41.5 Å². The molecule has 2 aromatic carbocycles. The standard InChI is InChI=1S/C26H28N4O2S2/c1-32-23-12-6-5-10-21(23)13-15-27-25(31)19-34-26-29-28-24(18-22-11-7-17-33-22)30(26)16-14-20-8-3-2-4-9-20/h2-12,17H,13-16,18-19H2,1H3,(H,27,31). The number of hydrogen-bond donors (Lipinski definition) is 1. The second-order valence-corrected chi connectivity index (χ2v) is 9.72. The number of benzene rings is 2. The van der Waals surface area contributed by atoms with Gasteiger partial charge in [0.15, 0.2) is 5.16 Å². The summed E-state index contributed by atoms with van der Waals surface area (Å²) in [4.78, 5) is 13.7. The molecule has 0 fully saturated rings. The number of para-hydroxylation sites is 1. The Morgan fingerprint density at radius 2 is 1.85 bits per heavy atom. The van der Waals surface area contributed by atoms with E-state index >= 15 is 0 Å². The number of hydrogen-bond acceptors (Lipinski definition) is 6. The van der Waals surface area contributed by atoms with E-state index in [9.17, 15) is 4.79 Å². The Labute approximate surface area is 208 Å². The average molecular weight is 493 g/mol. The number of carbonyl (C=O) groups is 1. The Bertz CT molecular complexity index is 1180. The normalized spacial score (nSPS) is 10.9. The minimum atomic E-state index is -0.0164. The number of methoxy groups -OCH3 is 1. The van der Waals surface area contributed by atoms with Crippen molar-refractivity contribution in [3.05, 3.63) is 93.9 Å². The predicted octanol–water partition coefficient (Wildman–Crippen LogP) is 4.63. The number of ether oxygens (including phenoxy) is 1. The smallest absolute Gasteiger partial charge is 0.230 e. The maximum Gasteiger partial charge on any atom is 0.230 e. The molecule has 1 amide bonds. The predicted molar refractivity (Wildman–Crippen MR) is 138 cm³/mol. The molecule has 6 nitrogen and oxygen atoms in total. The highest BCUT2D eigenvalue weighted by molar-refractivity contribution is 7.99. The first-order chi connectivity index (χ1) is 16.7. The maximum absolute atomic E-state index is 12.5. The van der Waals surface area contributed by atoms with Crippen molar-refractivity contribution in [2.45, 2.75) is 31.0 Å². The van der Waals surface area contributed by atoms with Crippen LogP contribution in [0.1, 0.15) is 21.8 Å². The molecule has 0 radical (unpaired) electrons. The van der Waals surface area contributed by atoms with Crippen molar-refractivity contribution in [2.75, 3.05) is 19.4 Å². The second-order valence-electron chi connectivity index (χ2n) is 7.74. The Balaban J connectivity index is 1.35.